The zero-order valence-corrected chi connectivity index (χ0v) is 23.4. The summed E-state index contributed by atoms with van der Waals surface area (Å²) < 4.78 is 35.6. The van der Waals surface area contributed by atoms with Crippen molar-refractivity contribution in [3.8, 4) is 18.1 Å². The van der Waals surface area contributed by atoms with Crippen LogP contribution in [0.3, 0.4) is 0 Å². The van der Waals surface area contributed by atoms with Crippen molar-refractivity contribution in [3.63, 3.8) is 0 Å². The summed E-state index contributed by atoms with van der Waals surface area (Å²) in [6.45, 7) is 3.41. The molecule has 0 saturated carbocycles. The summed E-state index contributed by atoms with van der Waals surface area (Å²) >= 11 is 0. The van der Waals surface area contributed by atoms with Crippen LogP contribution in [-0.4, -0.2) is 59.7 Å². The molecule has 10 heteroatoms. The third-order valence-corrected chi connectivity index (χ3v) is 8.27. The molecule has 6 rings (SSSR count). The lowest BCUT2D eigenvalue weighted by atomic mass is 10.0. The van der Waals surface area contributed by atoms with Crippen LogP contribution in [0.25, 0.3) is 0 Å². The van der Waals surface area contributed by atoms with Crippen molar-refractivity contribution >= 4 is 23.4 Å². The third-order valence-electron chi connectivity index (χ3n) is 8.27. The Morgan fingerprint density at radius 1 is 0.977 bits per heavy atom. The number of anilines is 1. The van der Waals surface area contributed by atoms with Crippen molar-refractivity contribution in [3.05, 3.63) is 94.0 Å². The van der Waals surface area contributed by atoms with Gasteiger partial charge in [-0.15, -0.1) is 6.42 Å². The van der Waals surface area contributed by atoms with Gasteiger partial charge in [-0.25, -0.2) is 8.78 Å². The number of nitrogens with zero attached hydrogens (tertiary/aromatic N) is 3. The van der Waals surface area contributed by atoms with Crippen molar-refractivity contribution in [2.24, 2.45) is 0 Å². The smallest absolute Gasteiger partial charge is 0.255 e. The number of hydrogen-bond donors (Lipinski definition) is 1. The molecule has 1 N–H and O–H groups in total. The summed E-state index contributed by atoms with van der Waals surface area (Å²) in [5.41, 5.74) is 3.32. The van der Waals surface area contributed by atoms with Crippen LogP contribution in [0.1, 0.15) is 45.5 Å². The highest BCUT2D eigenvalue weighted by molar-refractivity contribution is 6.05. The van der Waals surface area contributed by atoms with Gasteiger partial charge >= 0.3 is 0 Å². The van der Waals surface area contributed by atoms with E-state index in [0.717, 1.165) is 5.56 Å². The second kappa shape index (κ2) is 11.9. The summed E-state index contributed by atoms with van der Waals surface area (Å²) in [5, 5.41) is 2.30. The number of benzene rings is 3. The molecule has 8 nitrogen and oxygen atoms in total. The van der Waals surface area contributed by atoms with E-state index in [1.54, 1.807) is 36.4 Å². The van der Waals surface area contributed by atoms with Crippen molar-refractivity contribution in [1.29, 1.82) is 0 Å². The number of rotatable bonds is 7. The van der Waals surface area contributed by atoms with Gasteiger partial charge in [-0.1, -0.05) is 24.1 Å². The Kier molecular flexibility index (Phi) is 7.82. The maximum atomic E-state index is 15.1. The first-order valence-corrected chi connectivity index (χ1v) is 14.2. The van der Waals surface area contributed by atoms with E-state index in [9.17, 15) is 18.8 Å². The number of imide groups is 1. The van der Waals surface area contributed by atoms with E-state index < -0.39 is 11.9 Å². The maximum Gasteiger partial charge on any atom is 0.255 e. The fourth-order valence-corrected chi connectivity index (χ4v) is 5.91. The number of carbonyl (C=O) groups excluding carboxylic acids is 3. The molecule has 43 heavy (non-hydrogen) atoms. The largest absolute Gasteiger partial charge is 0.488 e. The highest BCUT2D eigenvalue weighted by atomic mass is 19.1. The maximum absolute atomic E-state index is 15.1. The van der Waals surface area contributed by atoms with E-state index in [1.165, 1.54) is 17.0 Å². The number of fused-ring (bicyclic) bond motifs is 1. The summed E-state index contributed by atoms with van der Waals surface area (Å²) in [5.74, 6) is 1.06. The molecular formula is C33H30F2N4O4. The minimum atomic E-state index is -0.722. The number of carbonyl (C=O) groups is 3. The lowest BCUT2D eigenvalue weighted by molar-refractivity contribution is -0.136. The van der Waals surface area contributed by atoms with Gasteiger partial charge in [0, 0.05) is 61.4 Å². The number of hydrogen-bond acceptors (Lipinski definition) is 6. The van der Waals surface area contributed by atoms with Gasteiger partial charge in [-0.05, 0) is 48.4 Å². The average Bonchev–Trinajstić information content (AvgIpc) is 3.33. The number of terminal acetylenes is 1. The highest BCUT2D eigenvalue weighted by Gasteiger charge is 2.40. The van der Waals surface area contributed by atoms with Crippen LogP contribution >= 0.6 is 0 Å². The van der Waals surface area contributed by atoms with Crippen LogP contribution in [0.5, 0.6) is 5.75 Å². The fourth-order valence-electron chi connectivity index (χ4n) is 5.91. The Hall–Kier alpha value is -4.75. The van der Waals surface area contributed by atoms with Gasteiger partial charge in [0.2, 0.25) is 11.8 Å². The van der Waals surface area contributed by atoms with Crippen LogP contribution in [0, 0.1) is 24.0 Å². The molecule has 220 valence electrons. The lowest BCUT2D eigenvalue weighted by Gasteiger charge is -2.36. The van der Waals surface area contributed by atoms with Crippen LogP contribution in [-0.2, 0) is 29.3 Å². The minimum Gasteiger partial charge on any atom is -0.488 e. The van der Waals surface area contributed by atoms with E-state index in [0.29, 0.717) is 66.4 Å². The molecule has 3 aliphatic heterocycles. The molecule has 2 fully saturated rings. The molecule has 0 radical (unpaired) electrons. The molecule has 3 aromatic rings. The molecule has 3 heterocycles. The van der Waals surface area contributed by atoms with Crippen LogP contribution < -0.4 is 15.0 Å². The van der Waals surface area contributed by atoms with Crippen molar-refractivity contribution in [2.45, 2.75) is 38.6 Å². The van der Waals surface area contributed by atoms with E-state index in [2.05, 4.69) is 16.1 Å². The van der Waals surface area contributed by atoms with Gasteiger partial charge in [0.1, 0.15) is 30.0 Å². The first-order chi connectivity index (χ1) is 20.8. The molecule has 0 aromatic heterocycles. The predicted molar refractivity (Wildman–Crippen MR) is 155 cm³/mol. The van der Waals surface area contributed by atoms with E-state index in [1.807, 2.05) is 11.0 Å². The monoisotopic (exact) mass is 584 g/mol. The Balaban J connectivity index is 1.05. The molecule has 3 aromatic carbocycles. The second-order valence-corrected chi connectivity index (χ2v) is 11.0. The van der Waals surface area contributed by atoms with Crippen LogP contribution in [0.2, 0.25) is 0 Å². The van der Waals surface area contributed by atoms with Crippen molar-refractivity contribution in [2.75, 3.05) is 31.1 Å². The zero-order valence-electron chi connectivity index (χ0n) is 23.4. The molecule has 3 amide bonds. The lowest BCUT2D eigenvalue weighted by Crippen LogP contribution is -2.52. The number of ether oxygens (including phenoxy) is 1. The van der Waals surface area contributed by atoms with Crippen LogP contribution in [0.15, 0.2) is 54.6 Å². The molecule has 3 aliphatic rings. The third kappa shape index (κ3) is 5.81. The van der Waals surface area contributed by atoms with E-state index in [4.69, 9.17) is 11.2 Å². The van der Waals surface area contributed by atoms with Gasteiger partial charge < -0.3 is 14.5 Å². The molecule has 0 spiro atoms. The SMILES string of the molecule is C#Cc1ccc(N2CCN(Cc3ccc(COc4cccc5c4CN([C@H]4CCC(=O)NC4=O)C5=O)c(F)c3)CC2)c(F)c1. The first kappa shape index (κ1) is 28.4. The Morgan fingerprint density at radius 3 is 2.51 bits per heavy atom. The van der Waals surface area contributed by atoms with Gasteiger partial charge in [-0.2, -0.15) is 0 Å². The van der Waals surface area contributed by atoms with Gasteiger partial charge in [0.15, 0.2) is 0 Å². The molecule has 0 bridgehead atoms. The van der Waals surface area contributed by atoms with Crippen LogP contribution in [0.4, 0.5) is 14.5 Å². The predicted octanol–water partition coefficient (Wildman–Crippen LogP) is 3.61. The fraction of sp³-hybridized carbons (Fsp3) is 0.303. The van der Waals surface area contributed by atoms with E-state index in [-0.39, 0.29) is 49.4 Å². The number of piperazine rings is 1. The molecule has 2 saturated heterocycles. The second-order valence-electron chi connectivity index (χ2n) is 11.0. The van der Waals surface area contributed by atoms with Gasteiger partial charge in [0.25, 0.3) is 5.91 Å². The summed E-state index contributed by atoms with van der Waals surface area (Å²) in [6.07, 6.45) is 5.80. The summed E-state index contributed by atoms with van der Waals surface area (Å²) in [7, 11) is 0. The Labute approximate surface area is 248 Å². The first-order valence-electron chi connectivity index (χ1n) is 14.2. The molecule has 1 atom stereocenters. The number of piperidine rings is 1. The molecule has 0 aliphatic carbocycles. The Bertz CT molecular complexity index is 1640. The van der Waals surface area contributed by atoms with Gasteiger partial charge in [0.05, 0.1) is 12.2 Å². The molecular weight excluding hydrogens is 554 g/mol. The quantitative estimate of drug-likeness (QED) is 0.338. The normalized spacial score (nSPS) is 18.8. The van der Waals surface area contributed by atoms with Crippen molar-refractivity contribution in [1.82, 2.24) is 15.1 Å². The summed E-state index contributed by atoms with van der Waals surface area (Å²) in [6, 6.07) is 14.3. The summed E-state index contributed by atoms with van der Waals surface area (Å²) in [4.78, 5) is 42.6. The van der Waals surface area contributed by atoms with Crippen molar-refractivity contribution < 1.29 is 27.9 Å². The topological polar surface area (TPSA) is 82.2 Å². The number of amides is 3. The minimum absolute atomic E-state index is 0.0299. The van der Waals surface area contributed by atoms with E-state index >= 15 is 4.39 Å². The van der Waals surface area contributed by atoms with Gasteiger partial charge in [-0.3, -0.25) is 24.6 Å². The highest BCUT2D eigenvalue weighted by Crippen LogP contribution is 2.34. The number of halogens is 2. The Morgan fingerprint density at radius 2 is 1.79 bits per heavy atom. The zero-order chi connectivity index (χ0) is 30.1. The standard InChI is InChI=1S/C33H30F2N4O4/c1-2-21-7-9-28(27(35)16-21)38-14-12-37(13-15-38)18-22-6-8-23(26(34)17-22)20-43-30-5-3-4-24-25(30)19-39(33(24)42)29-10-11-31(40)36-32(29)41/h1,3-9,16-17,29H,10-15,18-20H2,(H,36,40,41)/t29-/m0/s1. The number of nitrogens with one attached hydrogen (secondary N) is 1. The molecule has 0 unspecified atom stereocenters. The average molecular weight is 585 g/mol.